The Labute approximate surface area is 107 Å². The molecule has 0 aliphatic carbocycles. The zero-order valence-corrected chi connectivity index (χ0v) is 11.9. The molecular weight excluding hydrogens is 212 g/mol. The molecule has 3 nitrogen and oxygen atoms in total. The van der Waals surface area contributed by atoms with Crippen LogP contribution in [0, 0.1) is 5.92 Å². The zero-order chi connectivity index (χ0) is 13.1. The Bertz CT molecular complexity index is 195. The number of amides is 1. The number of hydrogen-bond acceptors (Lipinski definition) is 2. The first-order valence-corrected chi connectivity index (χ1v) is 7.12. The van der Waals surface area contributed by atoms with Crippen LogP contribution in [0.25, 0.3) is 0 Å². The Balaban J connectivity index is 3.90. The summed E-state index contributed by atoms with van der Waals surface area (Å²) >= 11 is 0. The molecule has 1 atom stereocenters. The number of unbranched alkanes of at least 4 members (excludes halogenated alkanes) is 3. The van der Waals surface area contributed by atoms with Crippen LogP contribution >= 0.6 is 0 Å². The fourth-order valence-electron chi connectivity index (χ4n) is 2.04. The van der Waals surface area contributed by atoms with Crippen molar-refractivity contribution in [1.82, 2.24) is 4.90 Å². The molecule has 0 saturated heterocycles. The summed E-state index contributed by atoms with van der Waals surface area (Å²) in [7, 11) is 1.93. The number of carbonyl (C=O) groups excluding carboxylic acids is 1. The molecule has 0 fully saturated rings. The molecule has 3 heteroatoms. The lowest BCUT2D eigenvalue weighted by atomic mass is 9.98. The summed E-state index contributed by atoms with van der Waals surface area (Å²) < 4.78 is 0. The van der Waals surface area contributed by atoms with Gasteiger partial charge in [0.2, 0.25) is 5.91 Å². The van der Waals surface area contributed by atoms with Crippen molar-refractivity contribution in [2.24, 2.45) is 11.7 Å². The summed E-state index contributed by atoms with van der Waals surface area (Å²) in [6, 6.07) is 0. The standard InChI is InChI=1S/C14H30N2O/c1-4-6-10-13(5-2)14(17)16(3)12-9-7-8-11-15/h13H,4-12,15H2,1-3H3. The molecule has 0 aromatic carbocycles. The maximum atomic E-state index is 12.1. The van der Waals surface area contributed by atoms with Gasteiger partial charge < -0.3 is 10.6 Å². The molecule has 1 amide bonds. The van der Waals surface area contributed by atoms with Crippen LogP contribution in [0.15, 0.2) is 0 Å². The van der Waals surface area contributed by atoms with Crippen molar-refractivity contribution >= 4 is 5.91 Å². The lowest BCUT2D eigenvalue weighted by molar-refractivity contribution is -0.134. The molecule has 0 aromatic heterocycles. The van der Waals surface area contributed by atoms with Crippen LogP contribution in [0.2, 0.25) is 0 Å². The molecule has 0 aliphatic heterocycles. The van der Waals surface area contributed by atoms with E-state index in [4.69, 9.17) is 5.73 Å². The quantitative estimate of drug-likeness (QED) is 0.599. The summed E-state index contributed by atoms with van der Waals surface area (Å²) in [5, 5.41) is 0. The minimum atomic E-state index is 0.231. The predicted octanol–water partition coefficient (Wildman–Crippen LogP) is 2.79. The minimum absolute atomic E-state index is 0.231. The first kappa shape index (κ1) is 16.4. The van der Waals surface area contributed by atoms with Crippen molar-refractivity contribution in [3.8, 4) is 0 Å². The highest BCUT2D eigenvalue weighted by atomic mass is 16.2. The fraction of sp³-hybridized carbons (Fsp3) is 0.929. The van der Waals surface area contributed by atoms with Crippen molar-refractivity contribution in [3.63, 3.8) is 0 Å². The van der Waals surface area contributed by atoms with Crippen molar-refractivity contribution < 1.29 is 4.79 Å². The maximum absolute atomic E-state index is 12.1. The fourth-order valence-corrected chi connectivity index (χ4v) is 2.04. The molecule has 0 bridgehead atoms. The Morgan fingerprint density at radius 2 is 1.88 bits per heavy atom. The largest absolute Gasteiger partial charge is 0.346 e. The number of carbonyl (C=O) groups is 1. The molecule has 1 unspecified atom stereocenters. The van der Waals surface area contributed by atoms with Gasteiger partial charge in [0.05, 0.1) is 0 Å². The minimum Gasteiger partial charge on any atom is -0.346 e. The lowest BCUT2D eigenvalue weighted by Gasteiger charge is -2.23. The molecular formula is C14H30N2O. The lowest BCUT2D eigenvalue weighted by Crippen LogP contribution is -2.33. The van der Waals surface area contributed by atoms with Gasteiger partial charge in [0, 0.05) is 19.5 Å². The average molecular weight is 242 g/mol. The van der Waals surface area contributed by atoms with E-state index < -0.39 is 0 Å². The van der Waals surface area contributed by atoms with Crippen LogP contribution < -0.4 is 5.73 Å². The van der Waals surface area contributed by atoms with Gasteiger partial charge in [0.1, 0.15) is 0 Å². The van der Waals surface area contributed by atoms with E-state index in [2.05, 4.69) is 13.8 Å². The van der Waals surface area contributed by atoms with Crippen molar-refractivity contribution in [2.45, 2.75) is 58.8 Å². The van der Waals surface area contributed by atoms with Gasteiger partial charge in [0.25, 0.3) is 0 Å². The summed E-state index contributed by atoms with van der Waals surface area (Å²) in [4.78, 5) is 14.0. The van der Waals surface area contributed by atoms with E-state index in [1.165, 1.54) is 6.42 Å². The van der Waals surface area contributed by atoms with Crippen molar-refractivity contribution in [3.05, 3.63) is 0 Å². The summed E-state index contributed by atoms with van der Waals surface area (Å²) in [5.41, 5.74) is 5.45. The second kappa shape index (κ2) is 10.6. The number of nitrogens with two attached hydrogens (primary N) is 1. The topological polar surface area (TPSA) is 46.3 Å². The first-order valence-electron chi connectivity index (χ1n) is 7.12. The van der Waals surface area contributed by atoms with Gasteiger partial charge in [-0.15, -0.1) is 0 Å². The van der Waals surface area contributed by atoms with Gasteiger partial charge in [0.15, 0.2) is 0 Å². The Morgan fingerprint density at radius 3 is 2.41 bits per heavy atom. The van der Waals surface area contributed by atoms with Gasteiger partial charge >= 0.3 is 0 Å². The molecule has 0 radical (unpaired) electrons. The second-order valence-corrected chi connectivity index (χ2v) is 4.86. The Hall–Kier alpha value is -0.570. The highest BCUT2D eigenvalue weighted by Gasteiger charge is 2.19. The van der Waals surface area contributed by atoms with Crippen LogP contribution in [-0.2, 0) is 4.79 Å². The van der Waals surface area contributed by atoms with E-state index in [9.17, 15) is 4.79 Å². The molecule has 2 N–H and O–H groups in total. The van der Waals surface area contributed by atoms with Crippen molar-refractivity contribution in [2.75, 3.05) is 20.1 Å². The molecule has 0 spiro atoms. The van der Waals surface area contributed by atoms with E-state index >= 15 is 0 Å². The van der Waals surface area contributed by atoms with Gasteiger partial charge in [-0.25, -0.2) is 0 Å². The maximum Gasteiger partial charge on any atom is 0.225 e. The average Bonchev–Trinajstić information content (AvgIpc) is 2.35. The number of nitrogens with zero attached hydrogens (tertiary/aromatic N) is 1. The molecule has 0 aromatic rings. The summed E-state index contributed by atoms with van der Waals surface area (Å²) in [6.45, 7) is 5.92. The van der Waals surface area contributed by atoms with E-state index in [0.29, 0.717) is 5.91 Å². The third-order valence-electron chi connectivity index (χ3n) is 3.32. The van der Waals surface area contributed by atoms with E-state index in [-0.39, 0.29) is 5.92 Å². The van der Waals surface area contributed by atoms with Gasteiger partial charge in [-0.2, -0.15) is 0 Å². The molecule has 0 saturated carbocycles. The van der Waals surface area contributed by atoms with Gasteiger partial charge in [-0.05, 0) is 32.2 Å². The van der Waals surface area contributed by atoms with Gasteiger partial charge in [-0.3, -0.25) is 4.79 Å². The summed E-state index contributed by atoms with van der Waals surface area (Å²) in [5.74, 6) is 0.558. The normalized spacial score (nSPS) is 12.5. The van der Waals surface area contributed by atoms with E-state index in [1.807, 2.05) is 11.9 Å². The van der Waals surface area contributed by atoms with Crippen LogP contribution in [0.3, 0.4) is 0 Å². The van der Waals surface area contributed by atoms with E-state index in [1.54, 1.807) is 0 Å². The zero-order valence-electron chi connectivity index (χ0n) is 11.9. The van der Waals surface area contributed by atoms with Crippen LogP contribution in [0.1, 0.15) is 58.8 Å². The van der Waals surface area contributed by atoms with E-state index in [0.717, 1.165) is 51.6 Å². The van der Waals surface area contributed by atoms with Crippen LogP contribution in [-0.4, -0.2) is 30.9 Å². The number of hydrogen-bond donors (Lipinski definition) is 1. The third kappa shape index (κ3) is 7.37. The van der Waals surface area contributed by atoms with Gasteiger partial charge in [-0.1, -0.05) is 33.1 Å². The van der Waals surface area contributed by atoms with Crippen LogP contribution in [0.5, 0.6) is 0 Å². The molecule has 0 aliphatic rings. The number of rotatable bonds is 10. The Morgan fingerprint density at radius 1 is 1.18 bits per heavy atom. The molecule has 0 heterocycles. The second-order valence-electron chi connectivity index (χ2n) is 4.86. The summed E-state index contributed by atoms with van der Waals surface area (Å²) in [6.07, 6.45) is 7.60. The first-order chi connectivity index (χ1) is 8.17. The molecule has 17 heavy (non-hydrogen) atoms. The highest BCUT2D eigenvalue weighted by Crippen LogP contribution is 2.15. The monoisotopic (exact) mass is 242 g/mol. The predicted molar refractivity (Wildman–Crippen MR) is 73.8 cm³/mol. The van der Waals surface area contributed by atoms with Crippen LogP contribution in [0.4, 0.5) is 0 Å². The van der Waals surface area contributed by atoms with Crippen molar-refractivity contribution in [1.29, 1.82) is 0 Å². The molecule has 0 rings (SSSR count). The molecule has 102 valence electrons. The Kier molecular flexibility index (Phi) is 10.2. The SMILES string of the molecule is CCCCC(CC)C(=O)N(C)CCCCCN. The smallest absolute Gasteiger partial charge is 0.225 e. The third-order valence-corrected chi connectivity index (χ3v) is 3.32. The highest BCUT2D eigenvalue weighted by molar-refractivity contribution is 5.78.